The van der Waals surface area contributed by atoms with Crippen LogP contribution < -0.4 is 4.74 Å². The van der Waals surface area contributed by atoms with Gasteiger partial charge in [0, 0.05) is 29.7 Å². The molecule has 0 aliphatic carbocycles. The van der Waals surface area contributed by atoms with Gasteiger partial charge in [0.05, 0.1) is 12.4 Å². The zero-order valence-electron chi connectivity index (χ0n) is 17.8. The van der Waals surface area contributed by atoms with E-state index in [1.807, 2.05) is 35.9 Å². The molecular formula is C23H23ClN4O3S. The van der Waals surface area contributed by atoms with E-state index in [2.05, 4.69) is 10.2 Å². The van der Waals surface area contributed by atoms with E-state index in [1.165, 1.54) is 16.7 Å². The molecular weight excluding hydrogens is 448 g/mol. The SMILES string of the molecule is COc1cccc(-c2nnc(SC3CCCCN(C(=O)c4ccc(Cl)cc4)C3=O)n2C)c1. The third-order valence-electron chi connectivity index (χ3n) is 5.39. The normalized spacial score (nSPS) is 16.7. The Hall–Kier alpha value is -2.84. The van der Waals surface area contributed by atoms with E-state index in [0.29, 0.717) is 34.5 Å². The average molecular weight is 471 g/mol. The number of nitrogens with zero attached hydrogens (tertiary/aromatic N) is 4. The number of ether oxygens (including phenoxy) is 1. The molecule has 1 saturated heterocycles. The molecule has 1 atom stereocenters. The molecule has 2 aromatic carbocycles. The summed E-state index contributed by atoms with van der Waals surface area (Å²) in [5.41, 5.74) is 1.32. The van der Waals surface area contributed by atoms with Gasteiger partial charge in [0.15, 0.2) is 11.0 Å². The second kappa shape index (κ2) is 9.75. The number of benzene rings is 2. The van der Waals surface area contributed by atoms with Crippen molar-refractivity contribution in [2.45, 2.75) is 29.7 Å². The summed E-state index contributed by atoms with van der Waals surface area (Å²) in [5, 5.41) is 9.39. The van der Waals surface area contributed by atoms with Gasteiger partial charge in [-0.3, -0.25) is 14.5 Å². The first-order valence-electron chi connectivity index (χ1n) is 10.3. The first kappa shape index (κ1) is 22.4. The van der Waals surface area contributed by atoms with Crippen LogP contribution in [0, 0.1) is 0 Å². The minimum absolute atomic E-state index is 0.196. The Bertz CT molecular complexity index is 1130. The maximum atomic E-state index is 13.3. The highest BCUT2D eigenvalue weighted by molar-refractivity contribution is 8.00. The van der Waals surface area contributed by atoms with Gasteiger partial charge in [-0.2, -0.15) is 0 Å². The molecule has 1 aromatic heterocycles. The highest BCUT2D eigenvalue weighted by atomic mass is 35.5. The number of hydrogen-bond acceptors (Lipinski definition) is 6. The Kier molecular flexibility index (Phi) is 6.81. The van der Waals surface area contributed by atoms with Crippen LogP contribution in [0.4, 0.5) is 0 Å². The molecule has 0 bridgehead atoms. The molecule has 0 radical (unpaired) electrons. The number of likely N-dealkylation sites (tertiary alicyclic amines) is 1. The predicted octanol–water partition coefficient (Wildman–Crippen LogP) is 4.46. The molecule has 3 aromatic rings. The van der Waals surface area contributed by atoms with Crippen LogP contribution in [0.15, 0.2) is 53.7 Å². The smallest absolute Gasteiger partial charge is 0.260 e. The third-order valence-corrected chi connectivity index (χ3v) is 6.93. The molecule has 2 amide bonds. The number of thioether (sulfide) groups is 1. The Balaban J connectivity index is 1.54. The van der Waals surface area contributed by atoms with Gasteiger partial charge in [-0.1, -0.05) is 41.9 Å². The summed E-state index contributed by atoms with van der Waals surface area (Å²) in [5.74, 6) is 0.921. The maximum absolute atomic E-state index is 13.3. The van der Waals surface area contributed by atoms with E-state index in [9.17, 15) is 9.59 Å². The Labute approximate surface area is 195 Å². The minimum atomic E-state index is -0.408. The van der Waals surface area contributed by atoms with Crippen LogP contribution in [0.2, 0.25) is 5.02 Å². The first-order valence-corrected chi connectivity index (χ1v) is 11.6. The number of aromatic nitrogens is 3. The molecule has 1 fully saturated rings. The predicted molar refractivity (Wildman–Crippen MR) is 124 cm³/mol. The standard InChI is InChI=1S/C23H23ClN4O3S/c1-27-20(16-6-5-7-18(14-16)31-2)25-26-23(27)32-19-8-3-4-13-28(22(19)30)21(29)15-9-11-17(24)12-10-15/h5-7,9-12,14,19H,3-4,8,13H2,1-2H3. The number of carbonyl (C=O) groups excluding carboxylic acids is 2. The van der Waals surface area contributed by atoms with Gasteiger partial charge < -0.3 is 9.30 Å². The Morgan fingerprint density at radius 1 is 1.16 bits per heavy atom. The van der Waals surface area contributed by atoms with E-state index < -0.39 is 5.25 Å². The van der Waals surface area contributed by atoms with E-state index in [1.54, 1.807) is 31.4 Å². The number of methoxy groups -OCH3 is 1. The lowest BCUT2D eigenvalue weighted by molar-refractivity contribution is -0.127. The summed E-state index contributed by atoms with van der Waals surface area (Å²) in [6.07, 6.45) is 2.31. The molecule has 1 aliphatic heterocycles. The lowest BCUT2D eigenvalue weighted by Crippen LogP contribution is -2.41. The van der Waals surface area contributed by atoms with Gasteiger partial charge >= 0.3 is 0 Å². The first-order chi connectivity index (χ1) is 15.5. The van der Waals surface area contributed by atoms with Crippen LogP contribution in [0.3, 0.4) is 0 Å². The molecule has 166 valence electrons. The number of halogens is 1. The summed E-state index contributed by atoms with van der Waals surface area (Å²) >= 11 is 7.28. The molecule has 2 heterocycles. The minimum Gasteiger partial charge on any atom is -0.497 e. The maximum Gasteiger partial charge on any atom is 0.260 e. The van der Waals surface area contributed by atoms with Crippen LogP contribution in [0.1, 0.15) is 29.6 Å². The topological polar surface area (TPSA) is 77.3 Å². The molecule has 4 rings (SSSR count). The van der Waals surface area contributed by atoms with Gasteiger partial charge in [-0.25, -0.2) is 0 Å². The van der Waals surface area contributed by atoms with Crippen LogP contribution in [0.5, 0.6) is 5.75 Å². The highest BCUT2D eigenvalue weighted by Crippen LogP contribution is 2.32. The van der Waals surface area contributed by atoms with Crippen molar-refractivity contribution in [1.29, 1.82) is 0 Å². The quantitative estimate of drug-likeness (QED) is 0.512. The summed E-state index contributed by atoms with van der Waals surface area (Å²) in [7, 11) is 3.49. The van der Waals surface area contributed by atoms with Gasteiger partial charge in [0.1, 0.15) is 5.75 Å². The van der Waals surface area contributed by atoms with Crippen LogP contribution in [-0.4, -0.2) is 50.4 Å². The number of hydrogen-bond donors (Lipinski definition) is 0. The lowest BCUT2D eigenvalue weighted by Gasteiger charge is -2.22. The van der Waals surface area contributed by atoms with Crippen molar-refractivity contribution in [3.05, 3.63) is 59.1 Å². The summed E-state index contributed by atoms with van der Waals surface area (Å²) in [4.78, 5) is 27.6. The molecule has 7 nitrogen and oxygen atoms in total. The Morgan fingerprint density at radius 3 is 2.69 bits per heavy atom. The average Bonchev–Trinajstić information content (AvgIpc) is 3.07. The molecule has 0 spiro atoms. The number of carbonyl (C=O) groups is 2. The van der Waals surface area contributed by atoms with Gasteiger partial charge in [0.25, 0.3) is 5.91 Å². The van der Waals surface area contributed by atoms with Crippen molar-refractivity contribution in [3.63, 3.8) is 0 Å². The van der Waals surface area contributed by atoms with Crippen molar-refractivity contribution in [1.82, 2.24) is 19.7 Å². The zero-order valence-corrected chi connectivity index (χ0v) is 19.4. The van der Waals surface area contributed by atoms with Crippen LogP contribution in [-0.2, 0) is 11.8 Å². The summed E-state index contributed by atoms with van der Waals surface area (Å²) in [6, 6.07) is 14.2. The fourth-order valence-electron chi connectivity index (χ4n) is 3.62. The van der Waals surface area contributed by atoms with Crippen LogP contribution in [0.25, 0.3) is 11.4 Å². The summed E-state index contributed by atoms with van der Waals surface area (Å²) in [6.45, 7) is 0.408. The van der Waals surface area contributed by atoms with E-state index in [-0.39, 0.29) is 11.8 Å². The largest absolute Gasteiger partial charge is 0.497 e. The monoisotopic (exact) mass is 470 g/mol. The molecule has 32 heavy (non-hydrogen) atoms. The van der Waals surface area contributed by atoms with E-state index in [0.717, 1.165) is 24.2 Å². The number of amides is 2. The fraction of sp³-hybridized carbons (Fsp3) is 0.304. The molecule has 9 heteroatoms. The fourth-order valence-corrected chi connectivity index (χ4v) is 4.85. The highest BCUT2D eigenvalue weighted by Gasteiger charge is 2.33. The second-order valence-corrected chi connectivity index (χ2v) is 9.11. The lowest BCUT2D eigenvalue weighted by atomic mass is 10.2. The Morgan fingerprint density at radius 2 is 1.94 bits per heavy atom. The van der Waals surface area contributed by atoms with Crippen molar-refractivity contribution in [3.8, 4) is 17.1 Å². The van der Waals surface area contributed by atoms with Crippen molar-refractivity contribution in [2.24, 2.45) is 7.05 Å². The second-order valence-electron chi connectivity index (χ2n) is 7.50. The van der Waals surface area contributed by atoms with Gasteiger partial charge in [-0.05, 0) is 49.2 Å². The van der Waals surface area contributed by atoms with Crippen molar-refractivity contribution in [2.75, 3.05) is 13.7 Å². The summed E-state index contributed by atoms with van der Waals surface area (Å²) < 4.78 is 7.16. The van der Waals surface area contributed by atoms with Crippen molar-refractivity contribution >= 4 is 35.2 Å². The van der Waals surface area contributed by atoms with Crippen LogP contribution >= 0.6 is 23.4 Å². The molecule has 0 saturated carbocycles. The van der Waals surface area contributed by atoms with E-state index >= 15 is 0 Å². The molecule has 0 N–H and O–H groups in total. The number of rotatable bonds is 5. The molecule has 1 unspecified atom stereocenters. The molecule has 1 aliphatic rings. The van der Waals surface area contributed by atoms with Gasteiger partial charge in [-0.15, -0.1) is 10.2 Å². The zero-order chi connectivity index (χ0) is 22.7. The number of imide groups is 1. The van der Waals surface area contributed by atoms with E-state index in [4.69, 9.17) is 16.3 Å². The van der Waals surface area contributed by atoms with Crippen molar-refractivity contribution < 1.29 is 14.3 Å². The van der Waals surface area contributed by atoms with Gasteiger partial charge in [0.2, 0.25) is 5.91 Å². The third kappa shape index (κ3) is 4.66.